The quantitative estimate of drug-likeness (QED) is 0.604. The van der Waals surface area contributed by atoms with Crippen molar-refractivity contribution in [3.63, 3.8) is 0 Å². The summed E-state index contributed by atoms with van der Waals surface area (Å²) in [4.78, 5) is 19.6. The van der Waals surface area contributed by atoms with E-state index in [-0.39, 0.29) is 11.8 Å². The summed E-state index contributed by atoms with van der Waals surface area (Å²) in [6.45, 7) is 6.81. The zero-order valence-corrected chi connectivity index (χ0v) is 16.1. The summed E-state index contributed by atoms with van der Waals surface area (Å²) in [6, 6.07) is 0. The SMILES string of the molecule is CC(C)C([NH-])=O.CC(C)C([NH-])=O.[C-]1=CC=CC1.[Cl][Zr][Cl]. The molecule has 0 spiro atoms. The molecule has 0 unspecified atom stereocenters. The van der Waals surface area contributed by atoms with Crippen LogP contribution in [-0.4, -0.2) is 11.8 Å². The van der Waals surface area contributed by atoms with Crippen LogP contribution in [0, 0.1) is 17.9 Å². The Balaban J connectivity index is -0.000000198. The van der Waals surface area contributed by atoms with E-state index in [1.54, 1.807) is 27.7 Å². The summed E-state index contributed by atoms with van der Waals surface area (Å²) in [6.07, 6.45) is 10.0. The Labute approximate surface area is 140 Å². The average molecular weight is 399 g/mol. The molecule has 7 heteroatoms. The number of rotatable bonds is 2. The van der Waals surface area contributed by atoms with Crippen LogP contribution in [0.25, 0.3) is 11.5 Å². The molecule has 1 aliphatic rings. The van der Waals surface area contributed by atoms with E-state index in [9.17, 15) is 9.59 Å². The zero-order valence-electron chi connectivity index (χ0n) is 12.2. The average Bonchev–Trinajstić information content (AvgIpc) is 2.89. The molecule has 2 amide bonds. The predicted molar refractivity (Wildman–Crippen MR) is 81.6 cm³/mol. The van der Waals surface area contributed by atoms with Gasteiger partial charge in [0.25, 0.3) is 0 Å². The summed E-state index contributed by atoms with van der Waals surface area (Å²) in [5, 5.41) is 0. The molecule has 1 rings (SSSR count). The molecular formula is C13H21Cl2N2O2Zr-3. The molecule has 1 aliphatic carbocycles. The Bertz CT molecular complexity index is 279. The van der Waals surface area contributed by atoms with Gasteiger partial charge in [0.15, 0.2) is 0 Å². The Morgan fingerprint density at radius 1 is 1.10 bits per heavy atom. The fraction of sp³-hybridized carbons (Fsp3) is 0.538. The van der Waals surface area contributed by atoms with Gasteiger partial charge in [-0.15, -0.1) is 6.42 Å². The van der Waals surface area contributed by atoms with Crippen LogP contribution >= 0.6 is 17.0 Å². The van der Waals surface area contributed by atoms with Crippen molar-refractivity contribution < 1.29 is 30.4 Å². The second kappa shape index (κ2) is 18.9. The van der Waals surface area contributed by atoms with Crippen molar-refractivity contribution in [2.24, 2.45) is 11.8 Å². The monoisotopic (exact) mass is 397 g/mol. The van der Waals surface area contributed by atoms with Crippen molar-refractivity contribution >= 4 is 28.8 Å². The van der Waals surface area contributed by atoms with Gasteiger partial charge < -0.3 is 21.1 Å². The Morgan fingerprint density at radius 2 is 1.40 bits per heavy atom. The zero-order chi connectivity index (χ0) is 16.6. The summed E-state index contributed by atoms with van der Waals surface area (Å²) < 4.78 is 0. The van der Waals surface area contributed by atoms with Crippen LogP contribution in [0.15, 0.2) is 18.2 Å². The van der Waals surface area contributed by atoms with Gasteiger partial charge in [0, 0.05) is 0 Å². The predicted octanol–water partition coefficient (Wildman–Crippen LogP) is 5.12. The summed E-state index contributed by atoms with van der Waals surface area (Å²) in [5.41, 5.74) is 12.8. The molecule has 0 radical (unpaired) electrons. The molecule has 0 heterocycles. The molecule has 2 N–H and O–H groups in total. The molecule has 0 aromatic carbocycles. The van der Waals surface area contributed by atoms with E-state index in [1.165, 1.54) is 0 Å². The van der Waals surface area contributed by atoms with Crippen molar-refractivity contribution in [3.05, 3.63) is 35.8 Å². The van der Waals surface area contributed by atoms with Crippen LogP contribution in [0.2, 0.25) is 0 Å². The first-order valence-corrected chi connectivity index (χ1v) is 12.2. The molecular weight excluding hydrogens is 378 g/mol. The van der Waals surface area contributed by atoms with Crippen LogP contribution in [0.3, 0.4) is 0 Å². The van der Waals surface area contributed by atoms with Crippen LogP contribution in [0.5, 0.6) is 0 Å². The van der Waals surface area contributed by atoms with Crippen LogP contribution in [0.1, 0.15) is 34.1 Å². The normalized spacial score (nSPS) is 10.6. The van der Waals surface area contributed by atoms with Gasteiger partial charge in [-0.2, -0.15) is 6.08 Å². The minimum atomic E-state index is -0.826. The fourth-order valence-electron chi connectivity index (χ4n) is 0.340. The molecule has 0 aromatic heterocycles. The van der Waals surface area contributed by atoms with Gasteiger partial charge in [0.2, 0.25) is 0 Å². The number of carbonyl (C=O) groups is 2. The van der Waals surface area contributed by atoms with E-state index in [0.29, 0.717) is 0 Å². The third-order valence-electron chi connectivity index (χ3n) is 1.63. The first-order chi connectivity index (χ1) is 9.20. The molecule has 4 nitrogen and oxygen atoms in total. The number of allylic oxidation sites excluding steroid dienone is 4. The number of carbonyl (C=O) groups excluding carboxylic acids is 2. The van der Waals surface area contributed by atoms with Gasteiger partial charge in [-0.05, 0) is 11.8 Å². The molecule has 0 atom stereocenters. The number of amides is 2. The molecule has 0 saturated heterocycles. The standard InChI is InChI=1S/C5H5.2C4H9NO.2ClH.Zr/c1-2-4-5-3-1;2*1-3(2)4(5)6;;;/h1-3H,4H2;2*3H,1-2H3,(H2,5,6);2*1H;/q-1;;;;;+2/p-4. The van der Waals surface area contributed by atoms with Gasteiger partial charge in [-0.25, -0.2) is 12.2 Å². The Kier molecular flexibility index (Phi) is 23.5. The van der Waals surface area contributed by atoms with Crippen LogP contribution < -0.4 is 0 Å². The first kappa shape index (κ1) is 24.9. The number of nitrogens with one attached hydrogen (secondary N) is 2. The Morgan fingerprint density at radius 3 is 1.45 bits per heavy atom. The van der Waals surface area contributed by atoms with E-state index in [4.69, 9.17) is 28.5 Å². The van der Waals surface area contributed by atoms with E-state index in [1.807, 2.05) is 12.2 Å². The molecule has 0 bridgehead atoms. The minimum absolute atomic E-state index is 0.120. The fourth-order valence-corrected chi connectivity index (χ4v) is 0.340. The molecule has 0 aliphatic heterocycles. The summed E-state index contributed by atoms with van der Waals surface area (Å²) in [5.74, 6) is -1.22. The molecule has 116 valence electrons. The molecule has 0 saturated carbocycles. The number of hydrogen-bond acceptors (Lipinski definition) is 2. The molecule has 0 aromatic rings. The van der Waals surface area contributed by atoms with Gasteiger partial charge >= 0.3 is 37.9 Å². The molecule has 0 fully saturated rings. The summed E-state index contributed by atoms with van der Waals surface area (Å²) in [7, 11) is 9.87. The van der Waals surface area contributed by atoms with Gasteiger partial charge in [-0.3, -0.25) is 6.08 Å². The number of hydrogen-bond donors (Lipinski definition) is 0. The van der Waals surface area contributed by atoms with Crippen molar-refractivity contribution in [1.29, 1.82) is 0 Å². The number of halogens is 2. The van der Waals surface area contributed by atoms with Gasteiger partial charge in [0.1, 0.15) is 0 Å². The van der Waals surface area contributed by atoms with Crippen molar-refractivity contribution in [2.45, 2.75) is 34.1 Å². The Hall–Kier alpha value is -0.117. The second-order valence-electron chi connectivity index (χ2n) is 4.11. The molecule has 20 heavy (non-hydrogen) atoms. The van der Waals surface area contributed by atoms with Crippen molar-refractivity contribution in [1.82, 2.24) is 0 Å². The first-order valence-electron chi connectivity index (χ1n) is 5.89. The third kappa shape index (κ3) is 30.7. The van der Waals surface area contributed by atoms with E-state index < -0.39 is 32.7 Å². The van der Waals surface area contributed by atoms with E-state index in [0.717, 1.165) is 6.42 Å². The van der Waals surface area contributed by atoms with Gasteiger partial charge in [-0.1, -0.05) is 27.7 Å². The van der Waals surface area contributed by atoms with Crippen LogP contribution in [-0.2, 0) is 30.4 Å². The van der Waals surface area contributed by atoms with Crippen molar-refractivity contribution in [2.75, 3.05) is 0 Å². The van der Waals surface area contributed by atoms with E-state index in [2.05, 4.69) is 12.2 Å². The second-order valence-corrected chi connectivity index (χ2v) is 7.84. The third-order valence-corrected chi connectivity index (χ3v) is 1.63. The van der Waals surface area contributed by atoms with Crippen LogP contribution in [0.4, 0.5) is 0 Å². The topological polar surface area (TPSA) is 81.7 Å². The summed E-state index contributed by atoms with van der Waals surface area (Å²) >= 11 is -0.826. The van der Waals surface area contributed by atoms with Crippen molar-refractivity contribution in [3.8, 4) is 0 Å². The van der Waals surface area contributed by atoms with Gasteiger partial charge in [0.05, 0.1) is 11.8 Å². The maximum absolute atomic E-state index is 9.81. The maximum atomic E-state index is 9.81. The van der Waals surface area contributed by atoms with E-state index >= 15 is 0 Å².